The van der Waals surface area contributed by atoms with Crippen LogP contribution >= 0.6 is 0 Å². The number of alkyl halides is 3. The van der Waals surface area contributed by atoms with Gasteiger partial charge in [0.15, 0.2) is 0 Å². The van der Waals surface area contributed by atoms with E-state index in [0.717, 1.165) is 0 Å². The highest BCUT2D eigenvalue weighted by Gasteiger charge is 2.43. The zero-order valence-electron chi connectivity index (χ0n) is 11.9. The quantitative estimate of drug-likeness (QED) is 0.860. The van der Waals surface area contributed by atoms with Gasteiger partial charge in [-0.05, 0) is 38.5 Å². The van der Waals surface area contributed by atoms with Gasteiger partial charge in [0, 0.05) is 5.92 Å². The third-order valence-electron chi connectivity index (χ3n) is 4.34. The van der Waals surface area contributed by atoms with Gasteiger partial charge in [0.25, 0.3) is 0 Å². The van der Waals surface area contributed by atoms with Gasteiger partial charge in [-0.15, -0.1) is 0 Å². The number of amides is 1. The van der Waals surface area contributed by atoms with Crippen LogP contribution in [0.3, 0.4) is 0 Å². The Labute approximate surface area is 117 Å². The van der Waals surface area contributed by atoms with Crippen molar-refractivity contribution >= 4 is 5.91 Å². The second-order valence-corrected chi connectivity index (χ2v) is 5.48. The molecule has 1 amide bonds. The Morgan fingerprint density at radius 2 is 1.70 bits per heavy atom. The van der Waals surface area contributed by atoms with Crippen molar-refractivity contribution in [2.24, 2.45) is 11.8 Å². The van der Waals surface area contributed by atoms with Crippen molar-refractivity contribution in [1.29, 1.82) is 5.26 Å². The number of rotatable bonds is 4. The lowest BCUT2D eigenvalue weighted by Gasteiger charge is -2.32. The first-order chi connectivity index (χ1) is 9.28. The molecule has 0 aromatic rings. The van der Waals surface area contributed by atoms with Crippen LogP contribution in [0.15, 0.2) is 0 Å². The fraction of sp³-hybridized carbons (Fsp3) is 0.857. The molecule has 6 heteroatoms. The Bertz CT molecular complexity index is 375. The Morgan fingerprint density at radius 3 is 2.05 bits per heavy atom. The first-order valence-corrected chi connectivity index (χ1v) is 7.08. The molecular weight excluding hydrogens is 269 g/mol. The van der Waals surface area contributed by atoms with E-state index in [4.69, 9.17) is 5.26 Å². The number of hydrogen-bond donors (Lipinski definition) is 1. The number of nitrogens with zero attached hydrogens (tertiary/aromatic N) is 1. The van der Waals surface area contributed by atoms with Gasteiger partial charge in [-0.3, -0.25) is 4.79 Å². The van der Waals surface area contributed by atoms with E-state index >= 15 is 0 Å². The molecule has 0 unspecified atom stereocenters. The van der Waals surface area contributed by atoms with E-state index in [0.29, 0.717) is 12.8 Å². The predicted molar refractivity (Wildman–Crippen MR) is 68.6 cm³/mol. The van der Waals surface area contributed by atoms with E-state index in [1.165, 1.54) is 0 Å². The summed E-state index contributed by atoms with van der Waals surface area (Å²) in [6.07, 6.45) is -2.70. The molecule has 0 aromatic carbocycles. The number of carbonyl (C=O) groups is 1. The van der Waals surface area contributed by atoms with Crippen LogP contribution in [0.1, 0.15) is 52.4 Å². The van der Waals surface area contributed by atoms with Crippen LogP contribution in [-0.2, 0) is 4.79 Å². The van der Waals surface area contributed by atoms with E-state index in [1.807, 2.05) is 13.8 Å². The molecule has 20 heavy (non-hydrogen) atoms. The van der Waals surface area contributed by atoms with Gasteiger partial charge in [0.1, 0.15) is 5.54 Å². The maximum atomic E-state index is 12.6. The van der Waals surface area contributed by atoms with Gasteiger partial charge < -0.3 is 5.32 Å². The zero-order chi connectivity index (χ0) is 15.4. The van der Waals surface area contributed by atoms with Gasteiger partial charge >= 0.3 is 6.18 Å². The number of carbonyl (C=O) groups excluding carboxylic acids is 1. The van der Waals surface area contributed by atoms with Crippen molar-refractivity contribution in [1.82, 2.24) is 5.32 Å². The van der Waals surface area contributed by atoms with Crippen LogP contribution in [0.4, 0.5) is 13.2 Å². The van der Waals surface area contributed by atoms with Crippen molar-refractivity contribution in [3.05, 3.63) is 0 Å². The molecule has 0 aromatic heterocycles. The van der Waals surface area contributed by atoms with Crippen LogP contribution in [0, 0.1) is 23.2 Å². The molecular formula is C14H21F3N2O. The fourth-order valence-electron chi connectivity index (χ4n) is 2.63. The lowest BCUT2D eigenvalue weighted by molar-refractivity contribution is -0.184. The van der Waals surface area contributed by atoms with Crippen LogP contribution in [0.2, 0.25) is 0 Å². The molecule has 0 heterocycles. The second-order valence-electron chi connectivity index (χ2n) is 5.48. The summed E-state index contributed by atoms with van der Waals surface area (Å²) in [5.41, 5.74) is -0.891. The van der Waals surface area contributed by atoms with Crippen LogP contribution < -0.4 is 5.32 Å². The highest BCUT2D eigenvalue weighted by Crippen LogP contribution is 2.39. The molecule has 0 saturated heterocycles. The number of nitriles is 1. The minimum absolute atomic E-state index is 0.000605. The molecule has 0 radical (unpaired) electrons. The van der Waals surface area contributed by atoms with Crippen molar-refractivity contribution < 1.29 is 18.0 Å². The summed E-state index contributed by atoms with van der Waals surface area (Å²) in [5.74, 6) is -1.97. The SMILES string of the molecule is CCC(C#N)(CC)NC(=O)C1CCC(C(F)(F)F)CC1. The van der Waals surface area contributed by atoms with Gasteiger partial charge in [-0.25, -0.2) is 0 Å². The summed E-state index contributed by atoms with van der Waals surface area (Å²) in [6.45, 7) is 3.63. The lowest BCUT2D eigenvalue weighted by Crippen LogP contribution is -2.49. The second kappa shape index (κ2) is 6.47. The highest BCUT2D eigenvalue weighted by molar-refractivity contribution is 5.80. The Kier molecular flexibility index (Phi) is 5.43. The van der Waals surface area contributed by atoms with Gasteiger partial charge in [-0.1, -0.05) is 13.8 Å². The third kappa shape index (κ3) is 3.87. The summed E-state index contributed by atoms with van der Waals surface area (Å²) < 4.78 is 37.7. The van der Waals surface area contributed by atoms with Crippen molar-refractivity contribution in [2.75, 3.05) is 0 Å². The van der Waals surface area contributed by atoms with Crippen LogP contribution in [-0.4, -0.2) is 17.6 Å². The van der Waals surface area contributed by atoms with E-state index in [2.05, 4.69) is 11.4 Å². The van der Waals surface area contributed by atoms with E-state index in [1.54, 1.807) is 0 Å². The standard InChI is InChI=1S/C14H21F3N2O/c1-3-13(4-2,9-18)19-12(20)10-5-7-11(8-6-10)14(15,16)17/h10-11H,3-8H2,1-2H3,(H,19,20). The monoisotopic (exact) mass is 290 g/mol. The van der Waals surface area contributed by atoms with E-state index in [9.17, 15) is 18.0 Å². The normalized spacial score (nSPS) is 24.0. The van der Waals surface area contributed by atoms with Gasteiger partial charge in [-0.2, -0.15) is 18.4 Å². The molecule has 114 valence electrons. The minimum Gasteiger partial charge on any atom is -0.338 e. The van der Waals surface area contributed by atoms with E-state index < -0.39 is 23.6 Å². The molecule has 0 aliphatic heterocycles. The predicted octanol–water partition coefficient (Wildman–Crippen LogP) is 3.55. The number of nitrogens with one attached hydrogen (secondary N) is 1. The van der Waals surface area contributed by atoms with Gasteiger partial charge in [0.05, 0.1) is 12.0 Å². The average Bonchev–Trinajstić information content (AvgIpc) is 2.44. The largest absolute Gasteiger partial charge is 0.391 e. The molecule has 0 spiro atoms. The molecule has 1 fully saturated rings. The Morgan fingerprint density at radius 1 is 1.20 bits per heavy atom. The molecule has 1 aliphatic rings. The summed E-state index contributed by atoms with van der Waals surface area (Å²) in [4.78, 5) is 12.1. The maximum absolute atomic E-state index is 12.6. The number of halogens is 3. The zero-order valence-corrected chi connectivity index (χ0v) is 11.9. The first-order valence-electron chi connectivity index (χ1n) is 7.08. The molecule has 1 rings (SSSR count). The lowest BCUT2D eigenvalue weighted by atomic mass is 9.80. The highest BCUT2D eigenvalue weighted by atomic mass is 19.4. The van der Waals surface area contributed by atoms with Crippen molar-refractivity contribution in [3.8, 4) is 6.07 Å². The van der Waals surface area contributed by atoms with E-state index in [-0.39, 0.29) is 31.6 Å². The molecule has 1 saturated carbocycles. The number of hydrogen-bond acceptors (Lipinski definition) is 2. The molecule has 3 nitrogen and oxygen atoms in total. The Balaban J connectivity index is 2.58. The first kappa shape index (κ1) is 16.8. The van der Waals surface area contributed by atoms with Crippen LogP contribution in [0.25, 0.3) is 0 Å². The summed E-state index contributed by atoms with van der Waals surface area (Å²) in [5, 5.41) is 11.9. The average molecular weight is 290 g/mol. The smallest absolute Gasteiger partial charge is 0.338 e. The third-order valence-corrected chi connectivity index (χ3v) is 4.34. The molecule has 0 bridgehead atoms. The fourth-order valence-corrected chi connectivity index (χ4v) is 2.63. The summed E-state index contributed by atoms with van der Waals surface area (Å²) >= 11 is 0. The summed E-state index contributed by atoms with van der Waals surface area (Å²) in [6, 6.07) is 2.11. The summed E-state index contributed by atoms with van der Waals surface area (Å²) in [7, 11) is 0. The van der Waals surface area contributed by atoms with Crippen LogP contribution in [0.5, 0.6) is 0 Å². The van der Waals surface area contributed by atoms with Crippen molar-refractivity contribution in [2.45, 2.75) is 64.1 Å². The van der Waals surface area contributed by atoms with Gasteiger partial charge in [0.2, 0.25) is 5.91 Å². The topological polar surface area (TPSA) is 52.9 Å². The molecule has 1 N–H and O–H groups in total. The minimum atomic E-state index is -4.16. The molecule has 0 atom stereocenters. The molecule has 1 aliphatic carbocycles. The Hall–Kier alpha value is -1.25. The maximum Gasteiger partial charge on any atom is 0.391 e. The van der Waals surface area contributed by atoms with Crippen molar-refractivity contribution in [3.63, 3.8) is 0 Å².